The number of H-pyrrole nitrogens is 2. The number of nitrogens with one attached hydrogen (secondary N) is 3. The van der Waals surface area contributed by atoms with E-state index in [-0.39, 0.29) is 11.0 Å². The summed E-state index contributed by atoms with van der Waals surface area (Å²) in [5, 5.41) is 10.8. The van der Waals surface area contributed by atoms with E-state index in [0.717, 1.165) is 38.3 Å². The summed E-state index contributed by atoms with van der Waals surface area (Å²) in [5.74, 6) is 0.289. The van der Waals surface area contributed by atoms with Gasteiger partial charge in [0, 0.05) is 45.7 Å². The smallest absolute Gasteiger partial charge is 0.255 e. The summed E-state index contributed by atoms with van der Waals surface area (Å²) >= 11 is 1.06. The van der Waals surface area contributed by atoms with E-state index in [4.69, 9.17) is 4.98 Å². The van der Waals surface area contributed by atoms with Crippen molar-refractivity contribution in [2.75, 3.05) is 5.32 Å². The van der Waals surface area contributed by atoms with Gasteiger partial charge in [-0.1, -0.05) is 18.2 Å². The number of halogens is 1. The maximum absolute atomic E-state index is 13.7. The molecule has 0 fully saturated rings. The van der Waals surface area contributed by atoms with Crippen LogP contribution in [0.5, 0.6) is 0 Å². The molecular weight excluding hydrogens is 515 g/mol. The Labute approximate surface area is 223 Å². The van der Waals surface area contributed by atoms with Crippen LogP contribution in [0.2, 0.25) is 0 Å². The van der Waals surface area contributed by atoms with Gasteiger partial charge < -0.3 is 10.3 Å². The average Bonchev–Trinajstić information content (AvgIpc) is 3.71. The maximum Gasteiger partial charge on any atom is 0.255 e. The van der Waals surface area contributed by atoms with Crippen molar-refractivity contribution >= 4 is 45.1 Å². The molecule has 11 heteroatoms. The Morgan fingerprint density at radius 1 is 0.923 bits per heavy atom. The molecule has 9 nitrogen and oxygen atoms in total. The SMILES string of the molecule is O=C(Nc1cncc(-c2cnc3[nH]nc(-c4nc5c(-c6ccc(F)s6)ccnc5[nH]4)c3c2)c1)c1ccccc1. The van der Waals surface area contributed by atoms with E-state index >= 15 is 0 Å². The van der Waals surface area contributed by atoms with E-state index in [9.17, 15) is 9.18 Å². The third-order valence-corrected chi connectivity index (χ3v) is 7.14. The van der Waals surface area contributed by atoms with E-state index < -0.39 is 0 Å². The molecule has 0 bridgehead atoms. The lowest BCUT2D eigenvalue weighted by atomic mass is 10.1. The lowest BCUT2D eigenvalue weighted by Gasteiger charge is -2.07. The average molecular weight is 533 g/mol. The molecule has 6 aromatic heterocycles. The van der Waals surface area contributed by atoms with Crippen LogP contribution in [0, 0.1) is 5.13 Å². The van der Waals surface area contributed by atoms with Crippen LogP contribution in [0.3, 0.4) is 0 Å². The summed E-state index contributed by atoms with van der Waals surface area (Å²) in [6.07, 6.45) is 6.68. The summed E-state index contributed by atoms with van der Waals surface area (Å²) in [4.78, 5) is 34.6. The summed E-state index contributed by atoms with van der Waals surface area (Å²) < 4.78 is 13.7. The number of hydrogen-bond donors (Lipinski definition) is 3. The van der Waals surface area contributed by atoms with E-state index in [1.54, 1.807) is 43.0 Å². The van der Waals surface area contributed by atoms with Gasteiger partial charge in [0.2, 0.25) is 0 Å². The normalized spacial score (nSPS) is 11.3. The highest BCUT2D eigenvalue weighted by Gasteiger charge is 2.18. The minimum atomic E-state index is -0.263. The van der Waals surface area contributed by atoms with Crippen molar-refractivity contribution in [2.24, 2.45) is 0 Å². The number of thiophene rings is 1. The Morgan fingerprint density at radius 2 is 1.79 bits per heavy atom. The molecule has 6 heterocycles. The topological polar surface area (TPSA) is 125 Å². The first-order chi connectivity index (χ1) is 19.1. The summed E-state index contributed by atoms with van der Waals surface area (Å²) in [7, 11) is 0. The van der Waals surface area contributed by atoms with Gasteiger partial charge in [0.25, 0.3) is 5.91 Å². The third kappa shape index (κ3) is 4.20. The van der Waals surface area contributed by atoms with Gasteiger partial charge in [0.1, 0.15) is 11.2 Å². The fourth-order valence-corrected chi connectivity index (χ4v) is 5.14. The van der Waals surface area contributed by atoms with E-state index in [0.29, 0.717) is 39.6 Å². The number of carbonyl (C=O) groups is 1. The number of nitrogens with zero attached hydrogens (tertiary/aromatic N) is 5. The molecule has 188 valence electrons. The Hall–Kier alpha value is -5.29. The van der Waals surface area contributed by atoms with Crippen LogP contribution in [0.1, 0.15) is 10.4 Å². The second-order valence-electron chi connectivity index (χ2n) is 8.72. The molecule has 39 heavy (non-hydrogen) atoms. The van der Waals surface area contributed by atoms with Gasteiger partial charge in [-0.25, -0.2) is 15.0 Å². The molecule has 0 unspecified atom stereocenters. The molecule has 0 aliphatic carbocycles. The predicted molar refractivity (Wildman–Crippen MR) is 148 cm³/mol. The zero-order valence-electron chi connectivity index (χ0n) is 20.0. The van der Waals surface area contributed by atoms with Gasteiger partial charge in [-0.3, -0.25) is 14.9 Å². The first kappa shape index (κ1) is 22.9. The van der Waals surface area contributed by atoms with Gasteiger partial charge >= 0.3 is 0 Å². The molecule has 7 aromatic rings. The standard InChI is InChI=1S/C28H17FN8OS/c29-22-7-6-21(39-22)19-8-9-31-26-23(19)34-27(35-26)24-20-11-17(13-32-25(20)37-36-24)16-10-18(14-30-12-16)33-28(38)15-4-2-1-3-5-15/h1-14H,(H,33,38)(H,31,34,35)(H,32,36,37). The number of carbonyl (C=O) groups excluding carboxylic acids is 1. The Morgan fingerprint density at radius 3 is 2.64 bits per heavy atom. The van der Waals surface area contributed by atoms with Crippen molar-refractivity contribution in [1.29, 1.82) is 0 Å². The van der Waals surface area contributed by atoms with Crippen molar-refractivity contribution in [3.05, 3.63) is 96.1 Å². The predicted octanol–water partition coefficient (Wildman–Crippen LogP) is 6.08. The number of aromatic nitrogens is 7. The quantitative estimate of drug-likeness (QED) is 0.247. The number of rotatable bonds is 5. The minimum absolute atomic E-state index is 0.219. The van der Waals surface area contributed by atoms with Crippen LogP contribution in [0.25, 0.3) is 55.3 Å². The van der Waals surface area contributed by atoms with Crippen LogP contribution < -0.4 is 5.32 Å². The largest absolute Gasteiger partial charge is 0.321 e. The second kappa shape index (κ2) is 9.23. The number of hydrogen-bond acceptors (Lipinski definition) is 7. The van der Waals surface area contributed by atoms with Crippen molar-refractivity contribution in [3.63, 3.8) is 0 Å². The van der Waals surface area contributed by atoms with E-state index in [1.165, 1.54) is 6.07 Å². The lowest BCUT2D eigenvalue weighted by Crippen LogP contribution is -2.11. The van der Waals surface area contributed by atoms with Crippen molar-refractivity contribution in [3.8, 4) is 33.1 Å². The first-order valence-corrected chi connectivity index (χ1v) is 12.7. The number of pyridine rings is 3. The fraction of sp³-hybridized carbons (Fsp3) is 0. The van der Waals surface area contributed by atoms with Gasteiger partial charge in [-0.2, -0.15) is 9.49 Å². The molecule has 1 aromatic carbocycles. The summed E-state index contributed by atoms with van der Waals surface area (Å²) in [6, 6.07) is 17.8. The molecule has 7 rings (SSSR count). The number of benzene rings is 1. The number of imidazole rings is 1. The Balaban J connectivity index is 1.25. The number of aromatic amines is 2. The maximum atomic E-state index is 13.7. The van der Waals surface area contributed by atoms with Crippen LogP contribution in [-0.2, 0) is 0 Å². The Kier molecular flexibility index (Phi) is 5.41. The number of anilines is 1. The van der Waals surface area contributed by atoms with Gasteiger partial charge in [0.15, 0.2) is 22.2 Å². The summed E-state index contributed by atoms with van der Waals surface area (Å²) in [5.41, 5.74) is 5.83. The molecule has 3 N–H and O–H groups in total. The third-order valence-electron chi connectivity index (χ3n) is 6.23. The highest BCUT2D eigenvalue weighted by atomic mass is 32.1. The number of fused-ring (bicyclic) bond motifs is 2. The molecule has 0 saturated heterocycles. The Bertz CT molecular complexity index is 2000. The van der Waals surface area contributed by atoms with Crippen LogP contribution >= 0.6 is 11.3 Å². The molecular formula is C28H17FN8OS. The molecule has 0 radical (unpaired) electrons. The highest BCUT2D eigenvalue weighted by molar-refractivity contribution is 7.14. The zero-order valence-corrected chi connectivity index (χ0v) is 20.8. The fourth-order valence-electron chi connectivity index (χ4n) is 4.38. The first-order valence-electron chi connectivity index (χ1n) is 11.9. The lowest BCUT2D eigenvalue weighted by molar-refractivity contribution is 0.102. The second-order valence-corrected chi connectivity index (χ2v) is 9.75. The van der Waals surface area contributed by atoms with Gasteiger partial charge in [-0.15, -0.1) is 11.3 Å². The molecule has 0 aliphatic rings. The molecule has 0 saturated carbocycles. The van der Waals surface area contributed by atoms with Gasteiger partial charge in [0.05, 0.1) is 17.3 Å². The minimum Gasteiger partial charge on any atom is -0.321 e. The molecule has 1 amide bonds. The number of amides is 1. The van der Waals surface area contributed by atoms with Crippen LogP contribution in [0.4, 0.5) is 10.1 Å². The van der Waals surface area contributed by atoms with Crippen LogP contribution in [-0.4, -0.2) is 41.0 Å². The van der Waals surface area contributed by atoms with Crippen molar-refractivity contribution in [2.45, 2.75) is 0 Å². The molecule has 0 aliphatic heterocycles. The van der Waals surface area contributed by atoms with Crippen molar-refractivity contribution < 1.29 is 9.18 Å². The van der Waals surface area contributed by atoms with E-state index in [1.807, 2.05) is 36.4 Å². The van der Waals surface area contributed by atoms with Gasteiger partial charge in [-0.05, 0) is 42.5 Å². The van der Waals surface area contributed by atoms with Crippen molar-refractivity contribution in [1.82, 2.24) is 35.1 Å². The monoisotopic (exact) mass is 532 g/mol. The molecule has 0 spiro atoms. The summed E-state index contributed by atoms with van der Waals surface area (Å²) in [6.45, 7) is 0. The zero-order chi connectivity index (χ0) is 26.3. The van der Waals surface area contributed by atoms with E-state index in [2.05, 4.69) is 35.5 Å². The highest BCUT2D eigenvalue weighted by Crippen LogP contribution is 2.34. The van der Waals surface area contributed by atoms with Crippen LogP contribution in [0.15, 0.2) is 85.5 Å². The molecule has 0 atom stereocenters.